The van der Waals surface area contributed by atoms with E-state index in [9.17, 15) is 4.79 Å². The molecule has 0 saturated carbocycles. The Morgan fingerprint density at radius 3 is 2.62 bits per heavy atom. The third-order valence-electron chi connectivity index (χ3n) is 4.99. The first-order chi connectivity index (χ1) is 12.8. The Morgan fingerprint density at radius 1 is 1.08 bits per heavy atom. The first kappa shape index (κ1) is 16.8. The van der Waals surface area contributed by atoms with Crippen LogP contribution in [-0.2, 0) is 6.54 Å². The summed E-state index contributed by atoms with van der Waals surface area (Å²) < 4.78 is 10.5. The molecule has 1 fully saturated rings. The molecule has 0 N–H and O–H groups in total. The molecular formula is C21H22N2O3. The summed E-state index contributed by atoms with van der Waals surface area (Å²) in [7, 11) is 0. The minimum atomic E-state index is 0.0491. The summed E-state index contributed by atoms with van der Waals surface area (Å²) in [6.45, 7) is 3.05. The molecule has 3 heterocycles. The number of furan rings is 1. The van der Waals surface area contributed by atoms with Crippen LogP contribution in [-0.4, -0.2) is 28.9 Å². The van der Waals surface area contributed by atoms with Gasteiger partial charge in [0.05, 0.1) is 6.26 Å². The molecule has 134 valence electrons. The molecule has 26 heavy (non-hydrogen) atoms. The van der Waals surface area contributed by atoms with Gasteiger partial charge in [0.2, 0.25) is 5.76 Å². The van der Waals surface area contributed by atoms with Crippen molar-refractivity contribution < 1.29 is 13.7 Å². The van der Waals surface area contributed by atoms with Crippen molar-refractivity contribution in [2.45, 2.75) is 25.8 Å². The fourth-order valence-corrected chi connectivity index (χ4v) is 3.50. The lowest BCUT2D eigenvalue weighted by molar-refractivity contribution is 0.0916. The summed E-state index contributed by atoms with van der Waals surface area (Å²) >= 11 is 0. The van der Waals surface area contributed by atoms with Crippen molar-refractivity contribution in [2.75, 3.05) is 13.1 Å². The van der Waals surface area contributed by atoms with Gasteiger partial charge in [0.25, 0.3) is 0 Å². The SMILES string of the molecule is O=C(CC1CCN(Cc2ccccc2)CC1)c1cc(-c2ccco2)on1. The van der Waals surface area contributed by atoms with Gasteiger partial charge in [-0.15, -0.1) is 0 Å². The summed E-state index contributed by atoms with van der Waals surface area (Å²) in [5, 5.41) is 3.91. The maximum absolute atomic E-state index is 12.5. The lowest BCUT2D eigenvalue weighted by Crippen LogP contribution is -2.33. The molecule has 2 aromatic heterocycles. The van der Waals surface area contributed by atoms with E-state index < -0.39 is 0 Å². The van der Waals surface area contributed by atoms with E-state index in [2.05, 4.69) is 34.3 Å². The zero-order valence-electron chi connectivity index (χ0n) is 14.6. The molecule has 5 nitrogen and oxygen atoms in total. The number of rotatable bonds is 6. The van der Waals surface area contributed by atoms with E-state index in [-0.39, 0.29) is 5.78 Å². The predicted octanol–water partition coefficient (Wildman–Crippen LogP) is 4.42. The van der Waals surface area contributed by atoms with Crippen LogP contribution in [0.2, 0.25) is 0 Å². The minimum Gasteiger partial charge on any atom is -0.461 e. The van der Waals surface area contributed by atoms with Gasteiger partial charge in [0.1, 0.15) is 5.69 Å². The number of Topliss-reactive ketones (excluding diaryl/α,β-unsaturated/α-hetero) is 1. The molecule has 0 spiro atoms. The number of likely N-dealkylation sites (tertiary alicyclic amines) is 1. The average Bonchev–Trinajstić information content (AvgIpc) is 3.36. The zero-order valence-corrected chi connectivity index (χ0v) is 14.6. The highest BCUT2D eigenvalue weighted by molar-refractivity contribution is 5.95. The van der Waals surface area contributed by atoms with E-state index in [1.54, 1.807) is 24.5 Å². The van der Waals surface area contributed by atoms with Crippen molar-refractivity contribution in [1.82, 2.24) is 10.1 Å². The largest absolute Gasteiger partial charge is 0.461 e. The third-order valence-corrected chi connectivity index (χ3v) is 4.99. The Bertz CT molecular complexity index is 831. The number of carbonyl (C=O) groups is 1. The summed E-state index contributed by atoms with van der Waals surface area (Å²) in [6, 6.07) is 15.8. The topological polar surface area (TPSA) is 59.5 Å². The van der Waals surface area contributed by atoms with Crippen molar-refractivity contribution in [3.8, 4) is 11.5 Å². The van der Waals surface area contributed by atoms with E-state index >= 15 is 0 Å². The van der Waals surface area contributed by atoms with Gasteiger partial charge in [-0.25, -0.2) is 0 Å². The number of nitrogens with zero attached hydrogens (tertiary/aromatic N) is 2. The first-order valence-electron chi connectivity index (χ1n) is 9.08. The van der Waals surface area contributed by atoms with Crippen LogP contribution in [0.25, 0.3) is 11.5 Å². The van der Waals surface area contributed by atoms with E-state index in [4.69, 9.17) is 8.94 Å². The molecule has 1 aliphatic rings. The number of piperidine rings is 1. The van der Waals surface area contributed by atoms with E-state index in [1.165, 1.54) is 5.56 Å². The van der Waals surface area contributed by atoms with Crippen LogP contribution >= 0.6 is 0 Å². The molecule has 1 aliphatic heterocycles. The highest BCUT2D eigenvalue weighted by Gasteiger charge is 2.24. The highest BCUT2D eigenvalue weighted by atomic mass is 16.5. The normalized spacial score (nSPS) is 16.0. The summed E-state index contributed by atoms with van der Waals surface area (Å²) in [6.07, 6.45) is 4.19. The third kappa shape index (κ3) is 3.94. The van der Waals surface area contributed by atoms with Gasteiger partial charge in [-0.3, -0.25) is 9.69 Å². The van der Waals surface area contributed by atoms with Crippen LogP contribution in [0.5, 0.6) is 0 Å². The van der Waals surface area contributed by atoms with Gasteiger partial charge in [-0.1, -0.05) is 35.5 Å². The van der Waals surface area contributed by atoms with E-state index in [1.807, 2.05) is 6.07 Å². The first-order valence-corrected chi connectivity index (χ1v) is 9.08. The highest BCUT2D eigenvalue weighted by Crippen LogP contribution is 2.25. The molecule has 5 heteroatoms. The second-order valence-corrected chi connectivity index (χ2v) is 6.89. The van der Waals surface area contributed by atoms with Crippen molar-refractivity contribution >= 4 is 5.78 Å². The Kier molecular flexibility index (Phi) is 4.97. The maximum atomic E-state index is 12.5. The van der Waals surface area contributed by atoms with Gasteiger partial charge in [-0.05, 0) is 49.5 Å². The Morgan fingerprint density at radius 2 is 1.88 bits per heavy atom. The summed E-state index contributed by atoms with van der Waals surface area (Å²) in [5.74, 6) is 1.55. The van der Waals surface area contributed by atoms with Crippen LogP contribution in [0.15, 0.2) is 63.7 Å². The molecule has 3 aromatic rings. The van der Waals surface area contributed by atoms with Crippen molar-refractivity contribution in [3.63, 3.8) is 0 Å². The smallest absolute Gasteiger partial charge is 0.202 e. The fourth-order valence-electron chi connectivity index (χ4n) is 3.50. The number of hydrogen-bond donors (Lipinski definition) is 0. The molecule has 4 rings (SSSR count). The van der Waals surface area contributed by atoms with Crippen molar-refractivity contribution in [2.24, 2.45) is 5.92 Å². The summed E-state index contributed by atoms with van der Waals surface area (Å²) in [4.78, 5) is 15.0. The number of benzene rings is 1. The molecular weight excluding hydrogens is 328 g/mol. The lowest BCUT2D eigenvalue weighted by Gasteiger charge is -2.31. The van der Waals surface area contributed by atoms with Gasteiger partial charge in [-0.2, -0.15) is 0 Å². The zero-order chi connectivity index (χ0) is 17.8. The number of ketones is 1. The van der Waals surface area contributed by atoms with Gasteiger partial charge in [0, 0.05) is 19.0 Å². The molecule has 0 bridgehead atoms. The maximum Gasteiger partial charge on any atom is 0.202 e. The Labute approximate surface area is 152 Å². The van der Waals surface area contributed by atoms with Crippen molar-refractivity contribution in [1.29, 1.82) is 0 Å². The van der Waals surface area contributed by atoms with Crippen LogP contribution in [0.4, 0.5) is 0 Å². The lowest BCUT2D eigenvalue weighted by atomic mass is 9.90. The summed E-state index contributed by atoms with van der Waals surface area (Å²) in [5.41, 5.74) is 1.73. The van der Waals surface area contributed by atoms with Gasteiger partial charge in [0.15, 0.2) is 11.5 Å². The molecule has 0 unspecified atom stereocenters. The Hall–Kier alpha value is -2.66. The number of carbonyl (C=O) groups excluding carboxylic acids is 1. The molecule has 0 radical (unpaired) electrons. The monoisotopic (exact) mass is 350 g/mol. The standard InChI is InChI=1S/C21H22N2O3/c24-19(18-14-21(26-22-18)20-7-4-12-25-20)13-16-8-10-23(11-9-16)15-17-5-2-1-3-6-17/h1-7,12,14,16H,8-11,13,15H2. The molecule has 0 atom stereocenters. The van der Waals surface area contributed by atoms with E-state index in [0.717, 1.165) is 32.5 Å². The van der Waals surface area contributed by atoms with Gasteiger partial charge < -0.3 is 8.94 Å². The number of aromatic nitrogens is 1. The second-order valence-electron chi connectivity index (χ2n) is 6.89. The van der Waals surface area contributed by atoms with Crippen LogP contribution in [0, 0.1) is 5.92 Å². The predicted molar refractivity (Wildman–Crippen MR) is 97.6 cm³/mol. The van der Waals surface area contributed by atoms with Crippen LogP contribution < -0.4 is 0 Å². The Balaban J connectivity index is 1.28. The fraction of sp³-hybridized carbons (Fsp3) is 0.333. The van der Waals surface area contributed by atoms with Crippen LogP contribution in [0.3, 0.4) is 0 Å². The average molecular weight is 350 g/mol. The quantitative estimate of drug-likeness (QED) is 0.616. The van der Waals surface area contributed by atoms with Crippen molar-refractivity contribution in [3.05, 3.63) is 66.1 Å². The van der Waals surface area contributed by atoms with Crippen LogP contribution in [0.1, 0.15) is 35.3 Å². The molecule has 1 aromatic carbocycles. The second kappa shape index (κ2) is 7.70. The molecule has 0 amide bonds. The molecule has 1 saturated heterocycles. The van der Waals surface area contributed by atoms with E-state index in [0.29, 0.717) is 29.6 Å². The minimum absolute atomic E-state index is 0.0491. The van der Waals surface area contributed by atoms with Gasteiger partial charge >= 0.3 is 0 Å². The molecule has 0 aliphatic carbocycles. The number of hydrogen-bond acceptors (Lipinski definition) is 5.